The predicted octanol–water partition coefficient (Wildman–Crippen LogP) is 6.42. The van der Waals surface area contributed by atoms with Gasteiger partial charge in [0.2, 0.25) is 0 Å². The van der Waals surface area contributed by atoms with Crippen molar-refractivity contribution in [2.75, 3.05) is 13.1 Å². The molecule has 0 amide bonds. The molecule has 1 saturated heterocycles. The van der Waals surface area contributed by atoms with Crippen molar-refractivity contribution < 1.29 is 0 Å². The highest BCUT2D eigenvalue weighted by Gasteiger charge is 2.24. The van der Waals surface area contributed by atoms with Crippen LogP contribution in [0.2, 0.25) is 0 Å². The van der Waals surface area contributed by atoms with E-state index in [-0.39, 0.29) is 0 Å². The van der Waals surface area contributed by atoms with Crippen LogP contribution in [0.4, 0.5) is 0 Å². The summed E-state index contributed by atoms with van der Waals surface area (Å²) in [5, 5.41) is 2.80. The molecule has 1 nitrogen and oxygen atoms in total. The van der Waals surface area contributed by atoms with E-state index >= 15 is 0 Å². The van der Waals surface area contributed by atoms with Gasteiger partial charge in [0.25, 0.3) is 0 Å². The summed E-state index contributed by atoms with van der Waals surface area (Å²) in [6, 6.07) is 16.2. The second-order valence-corrected chi connectivity index (χ2v) is 7.50. The largest absolute Gasteiger partial charge is 0.293 e. The van der Waals surface area contributed by atoms with Crippen LogP contribution in [-0.4, -0.2) is 18.0 Å². The van der Waals surface area contributed by atoms with Crippen molar-refractivity contribution in [1.29, 1.82) is 0 Å². The average molecular weight is 332 g/mol. The Bertz CT molecular complexity index is 765. The van der Waals surface area contributed by atoms with Crippen LogP contribution >= 0.6 is 0 Å². The van der Waals surface area contributed by atoms with E-state index in [1.54, 1.807) is 5.57 Å². The predicted molar refractivity (Wildman–Crippen MR) is 108 cm³/mol. The van der Waals surface area contributed by atoms with Gasteiger partial charge in [-0.3, -0.25) is 4.90 Å². The highest BCUT2D eigenvalue weighted by atomic mass is 15.2. The van der Waals surface area contributed by atoms with Crippen LogP contribution in [0, 0.1) is 0 Å². The number of allylic oxidation sites excluding steroid dienone is 3. The normalized spacial score (nSPS) is 22.4. The number of piperidine rings is 1. The van der Waals surface area contributed by atoms with E-state index in [1.165, 1.54) is 67.8 Å². The van der Waals surface area contributed by atoms with E-state index in [1.807, 2.05) is 0 Å². The Morgan fingerprint density at radius 2 is 1.88 bits per heavy atom. The van der Waals surface area contributed by atoms with Crippen LogP contribution in [0.3, 0.4) is 0 Å². The third-order valence-corrected chi connectivity index (χ3v) is 5.79. The summed E-state index contributed by atoms with van der Waals surface area (Å²) in [5.74, 6) is 0. The Morgan fingerprint density at radius 1 is 0.960 bits per heavy atom. The SMILES string of the molecule is C1=C(/C=C/CN2CCCCC2c2cccc3ccccc23)CCCC1. The van der Waals surface area contributed by atoms with Crippen LogP contribution in [0.25, 0.3) is 10.8 Å². The summed E-state index contributed by atoms with van der Waals surface area (Å²) in [5.41, 5.74) is 3.06. The topological polar surface area (TPSA) is 3.24 Å². The van der Waals surface area contributed by atoms with Gasteiger partial charge in [0.1, 0.15) is 0 Å². The Morgan fingerprint density at radius 3 is 2.80 bits per heavy atom. The van der Waals surface area contributed by atoms with Gasteiger partial charge in [-0.2, -0.15) is 0 Å². The number of hydrogen-bond donors (Lipinski definition) is 0. The first-order valence-electron chi connectivity index (χ1n) is 9.99. The maximum atomic E-state index is 2.69. The number of nitrogens with zero attached hydrogens (tertiary/aromatic N) is 1. The van der Waals surface area contributed by atoms with Crippen molar-refractivity contribution in [2.24, 2.45) is 0 Å². The van der Waals surface area contributed by atoms with Crippen molar-refractivity contribution in [3.8, 4) is 0 Å². The molecule has 1 aliphatic carbocycles. The van der Waals surface area contributed by atoms with E-state index in [9.17, 15) is 0 Å². The van der Waals surface area contributed by atoms with Crippen molar-refractivity contribution >= 4 is 10.8 Å². The van der Waals surface area contributed by atoms with Gasteiger partial charge in [-0.1, -0.05) is 72.7 Å². The summed E-state index contributed by atoms with van der Waals surface area (Å²) < 4.78 is 0. The lowest BCUT2D eigenvalue weighted by Crippen LogP contribution is -2.33. The molecule has 2 aromatic carbocycles. The summed E-state index contributed by atoms with van der Waals surface area (Å²) in [4.78, 5) is 2.69. The maximum absolute atomic E-state index is 2.69. The summed E-state index contributed by atoms with van der Waals surface area (Å²) >= 11 is 0. The Labute approximate surface area is 152 Å². The smallest absolute Gasteiger partial charge is 0.0357 e. The quantitative estimate of drug-likeness (QED) is 0.624. The molecule has 0 radical (unpaired) electrons. The zero-order chi connectivity index (χ0) is 16.9. The summed E-state index contributed by atoms with van der Waals surface area (Å²) in [6.45, 7) is 2.29. The summed E-state index contributed by atoms with van der Waals surface area (Å²) in [7, 11) is 0. The minimum absolute atomic E-state index is 0.560. The van der Waals surface area contributed by atoms with Crippen molar-refractivity contribution in [3.63, 3.8) is 0 Å². The third kappa shape index (κ3) is 3.88. The molecular formula is C24H29N. The molecule has 1 aliphatic heterocycles. The third-order valence-electron chi connectivity index (χ3n) is 5.79. The number of rotatable bonds is 4. The highest BCUT2D eigenvalue weighted by Crippen LogP contribution is 2.35. The molecule has 1 heterocycles. The summed E-state index contributed by atoms with van der Waals surface area (Å²) in [6.07, 6.45) is 16.4. The first-order valence-corrected chi connectivity index (χ1v) is 9.99. The fourth-order valence-corrected chi connectivity index (χ4v) is 4.46. The number of likely N-dealkylation sites (tertiary alicyclic amines) is 1. The van der Waals surface area contributed by atoms with Crippen molar-refractivity contribution in [3.05, 3.63) is 71.8 Å². The van der Waals surface area contributed by atoms with Gasteiger partial charge in [-0.25, -0.2) is 0 Å². The highest BCUT2D eigenvalue weighted by molar-refractivity contribution is 5.86. The molecule has 0 bridgehead atoms. The van der Waals surface area contributed by atoms with Gasteiger partial charge in [0.15, 0.2) is 0 Å². The van der Waals surface area contributed by atoms with E-state index in [0.29, 0.717) is 6.04 Å². The van der Waals surface area contributed by atoms with Gasteiger partial charge in [0, 0.05) is 12.6 Å². The Hall–Kier alpha value is -1.86. The molecule has 0 spiro atoms. The van der Waals surface area contributed by atoms with Crippen LogP contribution in [0.5, 0.6) is 0 Å². The fourth-order valence-electron chi connectivity index (χ4n) is 4.46. The minimum Gasteiger partial charge on any atom is -0.293 e. The van der Waals surface area contributed by atoms with Gasteiger partial charge < -0.3 is 0 Å². The molecule has 2 aliphatic rings. The molecule has 1 fully saturated rings. The van der Waals surface area contributed by atoms with Crippen LogP contribution in [0.1, 0.15) is 56.6 Å². The van der Waals surface area contributed by atoms with Gasteiger partial charge in [-0.15, -0.1) is 0 Å². The monoisotopic (exact) mass is 331 g/mol. The van der Waals surface area contributed by atoms with Crippen LogP contribution < -0.4 is 0 Å². The average Bonchev–Trinajstić information content (AvgIpc) is 2.69. The Kier molecular flexibility index (Phi) is 5.32. The lowest BCUT2D eigenvalue weighted by atomic mass is 9.91. The molecule has 0 N–H and O–H groups in total. The molecule has 1 unspecified atom stereocenters. The Balaban J connectivity index is 1.54. The lowest BCUT2D eigenvalue weighted by molar-refractivity contribution is 0.167. The van der Waals surface area contributed by atoms with Crippen LogP contribution in [0.15, 0.2) is 66.3 Å². The van der Waals surface area contributed by atoms with Crippen molar-refractivity contribution in [1.82, 2.24) is 4.90 Å². The first kappa shape index (κ1) is 16.6. The molecule has 130 valence electrons. The van der Waals surface area contributed by atoms with Crippen LogP contribution in [-0.2, 0) is 0 Å². The molecular weight excluding hydrogens is 302 g/mol. The standard InChI is InChI=1S/C24H29N/c1-2-10-20(11-3-1)12-9-19-25-18-7-6-17-24(25)23-16-8-14-21-13-4-5-15-22(21)23/h4-5,8-10,12-16,24H,1-3,6-7,11,17-19H2/b12-9+. The second-order valence-electron chi connectivity index (χ2n) is 7.50. The molecule has 0 aromatic heterocycles. The van der Waals surface area contributed by atoms with E-state index in [4.69, 9.17) is 0 Å². The van der Waals surface area contributed by atoms with E-state index in [2.05, 4.69) is 65.6 Å². The number of hydrogen-bond acceptors (Lipinski definition) is 1. The zero-order valence-corrected chi connectivity index (χ0v) is 15.2. The maximum Gasteiger partial charge on any atom is 0.0357 e. The van der Waals surface area contributed by atoms with Gasteiger partial charge >= 0.3 is 0 Å². The number of benzene rings is 2. The lowest BCUT2D eigenvalue weighted by Gasteiger charge is -2.36. The van der Waals surface area contributed by atoms with E-state index in [0.717, 1.165) is 6.54 Å². The molecule has 1 atom stereocenters. The molecule has 2 aromatic rings. The fraction of sp³-hybridized carbons (Fsp3) is 0.417. The van der Waals surface area contributed by atoms with E-state index < -0.39 is 0 Å². The molecule has 4 rings (SSSR count). The molecule has 1 heteroatoms. The molecule has 25 heavy (non-hydrogen) atoms. The van der Waals surface area contributed by atoms with Gasteiger partial charge in [-0.05, 0) is 61.4 Å². The molecule has 0 saturated carbocycles. The number of fused-ring (bicyclic) bond motifs is 1. The van der Waals surface area contributed by atoms with Gasteiger partial charge in [0.05, 0.1) is 0 Å². The second kappa shape index (κ2) is 8.01. The van der Waals surface area contributed by atoms with Crippen molar-refractivity contribution in [2.45, 2.75) is 51.0 Å². The zero-order valence-electron chi connectivity index (χ0n) is 15.2. The minimum atomic E-state index is 0.560. The first-order chi connectivity index (χ1) is 12.4.